The molecule has 2 heteroatoms. The van der Waals surface area contributed by atoms with E-state index in [2.05, 4.69) is 44.8 Å². The second-order valence-corrected chi connectivity index (χ2v) is 5.12. The van der Waals surface area contributed by atoms with Gasteiger partial charge in [0.25, 0.3) is 0 Å². The summed E-state index contributed by atoms with van der Waals surface area (Å²) in [5.41, 5.74) is 0.375. The van der Waals surface area contributed by atoms with E-state index in [0.717, 1.165) is 12.5 Å². The first-order valence-electron chi connectivity index (χ1n) is 6.02. The number of rotatable bonds is 3. The molecule has 2 nitrogen and oxygen atoms in total. The lowest BCUT2D eigenvalue weighted by molar-refractivity contribution is 0.0436. The quantitative estimate of drug-likeness (QED) is 0.747. The zero-order chi connectivity index (χ0) is 10.8. The Kier molecular flexibility index (Phi) is 3.96. The van der Waals surface area contributed by atoms with Crippen molar-refractivity contribution in [1.29, 1.82) is 0 Å². The van der Waals surface area contributed by atoms with E-state index in [9.17, 15) is 0 Å². The summed E-state index contributed by atoms with van der Waals surface area (Å²) < 4.78 is 0. The molecule has 2 atom stereocenters. The van der Waals surface area contributed by atoms with E-state index in [1.54, 1.807) is 0 Å². The van der Waals surface area contributed by atoms with Gasteiger partial charge in [-0.2, -0.15) is 0 Å². The third-order valence-electron chi connectivity index (χ3n) is 3.87. The largest absolute Gasteiger partial charge is 0.311 e. The van der Waals surface area contributed by atoms with E-state index in [4.69, 9.17) is 0 Å². The second kappa shape index (κ2) is 4.63. The van der Waals surface area contributed by atoms with Gasteiger partial charge in [-0.3, -0.25) is 4.90 Å². The van der Waals surface area contributed by atoms with Crippen molar-refractivity contribution in [3.05, 3.63) is 0 Å². The summed E-state index contributed by atoms with van der Waals surface area (Å²) in [7, 11) is 0. The molecule has 1 aliphatic rings. The Hall–Kier alpha value is -0.0800. The lowest BCUT2D eigenvalue weighted by Crippen LogP contribution is -2.64. The summed E-state index contributed by atoms with van der Waals surface area (Å²) in [6.07, 6.45) is 1.23. The van der Waals surface area contributed by atoms with E-state index in [0.29, 0.717) is 11.6 Å². The van der Waals surface area contributed by atoms with Gasteiger partial charge in [0.1, 0.15) is 0 Å². The Morgan fingerprint density at radius 1 is 1.43 bits per heavy atom. The van der Waals surface area contributed by atoms with Crippen LogP contribution in [-0.4, -0.2) is 36.1 Å². The van der Waals surface area contributed by atoms with Gasteiger partial charge in [0.2, 0.25) is 0 Å². The zero-order valence-electron chi connectivity index (χ0n) is 10.4. The van der Waals surface area contributed by atoms with Gasteiger partial charge in [0.15, 0.2) is 0 Å². The zero-order valence-corrected chi connectivity index (χ0v) is 10.4. The number of piperazine rings is 1. The Balaban J connectivity index is 2.64. The van der Waals surface area contributed by atoms with Crippen LogP contribution >= 0.6 is 0 Å². The molecule has 0 aromatic rings. The Labute approximate surface area is 89.1 Å². The fourth-order valence-electron chi connectivity index (χ4n) is 2.29. The van der Waals surface area contributed by atoms with Crippen molar-refractivity contribution >= 4 is 0 Å². The number of nitrogens with one attached hydrogen (secondary N) is 1. The van der Waals surface area contributed by atoms with Crippen LogP contribution in [0.4, 0.5) is 0 Å². The molecule has 1 saturated heterocycles. The van der Waals surface area contributed by atoms with E-state index in [-0.39, 0.29) is 0 Å². The molecule has 1 heterocycles. The SMILES string of the molecule is CCN1CC(C(C)C)NCC1(C)CC. The normalized spacial score (nSPS) is 35.1. The number of hydrogen-bond acceptors (Lipinski definition) is 2. The third kappa shape index (κ3) is 2.29. The summed E-state index contributed by atoms with van der Waals surface area (Å²) in [4.78, 5) is 2.63. The minimum Gasteiger partial charge on any atom is -0.311 e. The molecule has 0 aliphatic carbocycles. The van der Waals surface area contributed by atoms with Crippen molar-refractivity contribution in [1.82, 2.24) is 10.2 Å². The highest BCUT2D eigenvalue weighted by Crippen LogP contribution is 2.24. The minimum absolute atomic E-state index is 0.375. The Morgan fingerprint density at radius 2 is 2.07 bits per heavy atom. The predicted octanol–water partition coefficient (Wildman–Crippen LogP) is 2.10. The lowest BCUT2D eigenvalue weighted by Gasteiger charge is -2.48. The molecule has 2 unspecified atom stereocenters. The van der Waals surface area contributed by atoms with E-state index in [1.165, 1.54) is 19.5 Å². The van der Waals surface area contributed by atoms with Crippen LogP contribution in [0.15, 0.2) is 0 Å². The maximum absolute atomic E-state index is 3.68. The summed E-state index contributed by atoms with van der Waals surface area (Å²) in [6, 6.07) is 0.676. The van der Waals surface area contributed by atoms with Crippen molar-refractivity contribution in [2.75, 3.05) is 19.6 Å². The highest BCUT2D eigenvalue weighted by molar-refractivity contribution is 4.95. The lowest BCUT2D eigenvalue weighted by atomic mass is 9.89. The molecule has 0 aromatic heterocycles. The molecular weight excluding hydrogens is 172 g/mol. The van der Waals surface area contributed by atoms with Crippen molar-refractivity contribution in [2.24, 2.45) is 5.92 Å². The van der Waals surface area contributed by atoms with Gasteiger partial charge in [-0.05, 0) is 25.8 Å². The van der Waals surface area contributed by atoms with Crippen molar-refractivity contribution in [3.8, 4) is 0 Å². The molecule has 0 aromatic carbocycles. The topological polar surface area (TPSA) is 15.3 Å². The third-order valence-corrected chi connectivity index (χ3v) is 3.87. The van der Waals surface area contributed by atoms with Gasteiger partial charge in [-0.1, -0.05) is 27.7 Å². The van der Waals surface area contributed by atoms with E-state index in [1.807, 2.05) is 0 Å². The van der Waals surface area contributed by atoms with Gasteiger partial charge in [-0.25, -0.2) is 0 Å². The molecule has 14 heavy (non-hydrogen) atoms. The first kappa shape index (κ1) is 12.0. The molecule has 84 valence electrons. The van der Waals surface area contributed by atoms with Crippen LogP contribution in [0, 0.1) is 5.92 Å². The van der Waals surface area contributed by atoms with Gasteiger partial charge in [0.05, 0.1) is 0 Å². The highest BCUT2D eigenvalue weighted by Gasteiger charge is 2.35. The standard InChI is InChI=1S/C12H26N2/c1-6-12(5)9-13-11(10(3)4)8-14(12)7-2/h10-11,13H,6-9H2,1-5H3. The van der Waals surface area contributed by atoms with Crippen LogP contribution in [0.25, 0.3) is 0 Å². The maximum Gasteiger partial charge on any atom is 0.0303 e. The van der Waals surface area contributed by atoms with Gasteiger partial charge < -0.3 is 5.32 Å². The van der Waals surface area contributed by atoms with E-state index < -0.39 is 0 Å². The van der Waals surface area contributed by atoms with Gasteiger partial charge in [0, 0.05) is 24.7 Å². The molecule has 1 N–H and O–H groups in total. The number of nitrogens with zero attached hydrogens (tertiary/aromatic N) is 1. The molecular formula is C12H26N2. The molecule has 1 fully saturated rings. The molecule has 0 spiro atoms. The molecule has 0 amide bonds. The van der Waals surface area contributed by atoms with E-state index >= 15 is 0 Å². The average Bonchev–Trinajstić information content (AvgIpc) is 2.18. The number of hydrogen-bond donors (Lipinski definition) is 1. The summed E-state index contributed by atoms with van der Waals surface area (Å²) in [6.45, 7) is 15.1. The predicted molar refractivity (Wildman–Crippen MR) is 62.6 cm³/mol. The molecule has 0 bridgehead atoms. The molecule has 1 aliphatic heterocycles. The fraction of sp³-hybridized carbons (Fsp3) is 1.00. The van der Waals surface area contributed by atoms with Crippen LogP contribution in [0.5, 0.6) is 0 Å². The van der Waals surface area contributed by atoms with Gasteiger partial charge in [-0.15, -0.1) is 0 Å². The van der Waals surface area contributed by atoms with Crippen molar-refractivity contribution in [3.63, 3.8) is 0 Å². The summed E-state index contributed by atoms with van der Waals surface area (Å²) >= 11 is 0. The molecule has 0 radical (unpaired) electrons. The Morgan fingerprint density at radius 3 is 2.50 bits per heavy atom. The summed E-state index contributed by atoms with van der Waals surface area (Å²) in [5, 5.41) is 3.68. The van der Waals surface area contributed by atoms with Crippen LogP contribution in [-0.2, 0) is 0 Å². The monoisotopic (exact) mass is 198 g/mol. The van der Waals surface area contributed by atoms with Crippen LogP contribution in [0.2, 0.25) is 0 Å². The molecule has 0 saturated carbocycles. The fourth-order valence-corrected chi connectivity index (χ4v) is 2.29. The average molecular weight is 198 g/mol. The summed E-state index contributed by atoms with van der Waals surface area (Å²) in [5.74, 6) is 0.741. The second-order valence-electron chi connectivity index (χ2n) is 5.12. The first-order valence-corrected chi connectivity index (χ1v) is 6.02. The Bertz CT molecular complexity index is 179. The minimum atomic E-state index is 0.375. The number of likely N-dealkylation sites (N-methyl/N-ethyl adjacent to an activating group) is 1. The highest BCUT2D eigenvalue weighted by atomic mass is 15.3. The van der Waals surface area contributed by atoms with Crippen molar-refractivity contribution < 1.29 is 0 Å². The molecule has 1 rings (SSSR count). The van der Waals surface area contributed by atoms with Crippen LogP contribution in [0.3, 0.4) is 0 Å². The van der Waals surface area contributed by atoms with Gasteiger partial charge >= 0.3 is 0 Å². The van der Waals surface area contributed by atoms with Crippen LogP contribution < -0.4 is 5.32 Å². The smallest absolute Gasteiger partial charge is 0.0303 e. The van der Waals surface area contributed by atoms with Crippen LogP contribution in [0.1, 0.15) is 41.0 Å². The maximum atomic E-state index is 3.68. The van der Waals surface area contributed by atoms with Crippen molar-refractivity contribution in [2.45, 2.75) is 52.6 Å². The first-order chi connectivity index (χ1) is 6.53.